The zero-order chi connectivity index (χ0) is 21.7. The quantitative estimate of drug-likeness (QED) is 0.294. The summed E-state index contributed by atoms with van der Waals surface area (Å²) in [7, 11) is 0. The summed E-state index contributed by atoms with van der Waals surface area (Å²) < 4.78 is 11.4. The third kappa shape index (κ3) is 8.01. The lowest BCUT2D eigenvalue weighted by Crippen LogP contribution is -2.52. The Labute approximate surface area is 176 Å². The maximum absolute atomic E-state index is 11.3. The van der Waals surface area contributed by atoms with Gasteiger partial charge in [0.1, 0.15) is 6.07 Å². The minimum absolute atomic E-state index is 0.238. The number of nitrogens with two attached hydrogens (primary N) is 2. The van der Waals surface area contributed by atoms with E-state index in [2.05, 4.69) is 5.16 Å². The summed E-state index contributed by atoms with van der Waals surface area (Å²) in [5.41, 5.74) is 10.8. The van der Waals surface area contributed by atoms with Gasteiger partial charge in [0.2, 0.25) is 5.54 Å². The predicted molar refractivity (Wildman–Crippen MR) is 112 cm³/mol. The van der Waals surface area contributed by atoms with Gasteiger partial charge in [-0.2, -0.15) is 5.26 Å². The highest BCUT2D eigenvalue weighted by Gasteiger charge is 2.30. The predicted octanol–water partition coefficient (Wildman–Crippen LogP) is 1.89. The van der Waals surface area contributed by atoms with E-state index in [1.54, 1.807) is 6.07 Å². The molecule has 0 aliphatic carbocycles. The van der Waals surface area contributed by atoms with E-state index in [1.165, 1.54) is 0 Å². The molecule has 0 aromatic heterocycles. The molecule has 158 valence electrons. The smallest absolute Gasteiger partial charge is 0.258 e. The molecule has 30 heavy (non-hydrogen) atoms. The molecule has 0 heterocycles. The first-order chi connectivity index (χ1) is 14.5. The third-order valence-electron chi connectivity index (χ3n) is 4.17. The van der Waals surface area contributed by atoms with Crippen molar-refractivity contribution in [3.05, 3.63) is 71.8 Å². The van der Waals surface area contributed by atoms with E-state index >= 15 is 0 Å². The van der Waals surface area contributed by atoms with Crippen LogP contribution in [0.1, 0.15) is 17.5 Å². The van der Waals surface area contributed by atoms with Crippen LogP contribution in [0.2, 0.25) is 0 Å². The molecule has 2 aromatic carbocycles. The molecule has 0 saturated heterocycles. The van der Waals surface area contributed by atoms with Crippen LogP contribution < -0.4 is 11.5 Å². The van der Waals surface area contributed by atoms with Crippen molar-refractivity contribution < 1.29 is 19.1 Å². The van der Waals surface area contributed by atoms with Gasteiger partial charge >= 0.3 is 0 Å². The average molecular weight is 410 g/mol. The van der Waals surface area contributed by atoms with Gasteiger partial charge in [-0.15, -0.1) is 0 Å². The first kappa shape index (κ1) is 23.0. The van der Waals surface area contributed by atoms with E-state index in [4.69, 9.17) is 31.0 Å². The fourth-order valence-corrected chi connectivity index (χ4v) is 2.38. The van der Waals surface area contributed by atoms with Gasteiger partial charge in [0.25, 0.3) is 5.91 Å². The first-order valence-corrected chi connectivity index (χ1v) is 9.47. The number of oxime groups is 1. The maximum atomic E-state index is 11.3. The lowest BCUT2D eigenvalue weighted by atomic mass is 10.1. The van der Waals surface area contributed by atoms with Crippen LogP contribution in [-0.4, -0.2) is 37.0 Å². The minimum atomic E-state index is -2.03. The van der Waals surface area contributed by atoms with Crippen LogP contribution in [0.5, 0.6) is 0 Å². The Morgan fingerprint density at radius 2 is 1.63 bits per heavy atom. The van der Waals surface area contributed by atoms with Gasteiger partial charge in [0.15, 0.2) is 6.10 Å². The number of nitrogens with zero attached hydrogens (tertiary/aromatic N) is 2. The van der Waals surface area contributed by atoms with Crippen molar-refractivity contribution in [2.24, 2.45) is 16.6 Å². The molecule has 2 aromatic rings. The number of hydrogen-bond acceptors (Lipinski definition) is 7. The summed E-state index contributed by atoms with van der Waals surface area (Å²) in [5, 5.41) is 12.7. The van der Waals surface area contributed by atoms with Crippen LogP contribution >= 0.6 is 0 Å². The van der Waals surface area contributed by atoms with Crippen LogP contribution in [0.15, 0.2) is 65.8 Å². The van der Waals surface area contributed by atoms with Crippen molar-refractivity contribution in [2.75, 3.05) is 13.2 Å². The Morgan fingerprint density at radius 3 is 2.17 bits per heavy atom. The van der Waals surface area contributed by atoms with Crippen LogP contribution in [0.3, 0.4) is 0 Å². The number of hydrogen-bond donors (Lipinski definition) is 2. The fraction of sp³-hybridized carbons (Fsp3) is 0.318. The van der Waals surface area contributed by atoms with E-state index in [1.807, 2.05) is 60.7 Å². The number of carbonyl (C=O) groups is 1. The van der Waals surface area contributed by atoms with Crippen LogP contribution in [-0.2, 0) is 32.3 Å². The third-order valence-corrected chi connectivity index (χ3v) is 4.17. The van der Waals surface area contributed by atoms with Gasteiger partial charge in [-0.25, -0.2) is 0 Å². The molecule has 0 radical (unpaired) electrons. The van der Waals surface area contributed by atoms with Crippen molar-refractivity contribution in [1.82, 2.24) is 0 Å². The summed E-state index contributed by atoms with van der Waals surface area (Å²) in [6.45, 7) is 1.53. The highest BCUT2D eigenvalue weighted by Crippen LogP contribution is 2.08. The van der Waals surface area contributed by atoms with E-state index in [0.29, 0.717) is 26.2 Å². The second-order valence-corrected chi connectivity index (χ2v) is 6.63. The number of ether oxygens (including phenoxy) is 2. The van der Waals surface area contributed by atoms with E-state index in [0.717, 1.165) is 17.3 Å². The van der Waals surface area contributed by atoms with E-state index < -0.39 is 17.6 Å². The summed E-state index contributed by atoms with van der Waals surface area (Å²) in [5.74, 6) is -1.01. The molecule has 1 unspecified atom stereocenters. The topological polar surface area (TPSA) is 133 Å². The monoisotopic (exact) mass is 410 g/mol. The highest BCUT2D eigenvalue weighted by atomic mass is 16.6. The molecule has 0 fully saturated rings. The zero-order valence-electron chi connectivity index (χ0n) is 16.6. The summed E-state index contributed by atoms with van der Waals surface area (Å²) in [6, 6.07) is 21.1. The van der Waals surface area contributed by atoms with Gasteiger partial charge in [-0.05, 0) is 11.1 Å². The average Bonchev–Trinajstić information content (AvgIpc) is 2.77. The number of benzene rings is 2. The lowest BCUT2D eigenvalue weighted by molar-refractivity contribution is -0.119. The summed E-state index contributed by atoms with van der Waals surface area (Å²) >= 11 is 0. The highest BCUT2D eigenvalue weighted by molar-refractivity contribution is 6.05. The molecule has 8 heteroatoms. The maximum Gasteiger partial charge on any atom is 0.258 e. The number of primary amides is 1. The molecule has 2 atom stereocenters. The van der Waals surface area contributed by atoms with E-state index in [9.17, 15) is 4.79 Å². The molecule has 8 nitrogen and oxygen atoms in total. The molecule has 1 amide bonds. The van der Waals surface area contributed by atoms with Crippen molar-refractivity contribution in [2.45, 2.75) is 31.3 Å². The molecule has 4 N–H and O–H groups in total. The molecule has 0 bridgehead atoms. The molecule has 0 saturated carbocycles. The van der Waals surface area contributed by atoms with Crippen LogP contribution in [0.25, 0.3) is 0 Å². The molecule has 0 aliphatic rings. The standard InChI is InChI=1S/C22H26N4O4/c23-16-22(25,21(24)27)17-26-30-20(15-29-14-19-9-5-2-6-10-19)11-12-28-13-18-7-3-1-4-8-18/h1-10,17,20H,11-15,25H2,(H2,24,27)/t20?,22-/m0/s1. The van der Waals surface area contributed by atoms with Crippen LogP contribution in [0, 0.1) is 11.3 Å². The Kier molecular flexibility index (Phi) is 9.48. The largest absolute Gasteiger partial charge is 0.390 e. The Bertz CT molecular complexity index is 839. The molecule has 0 aliphatic heterocycles. The minimum Gasteiger partial charge on any atom is -0.390 e. The summed E-state index contributed by atoms with van der Waals surface area (Å²) in [6.07, 6.45) is 0.917. The van der Waals surface area contributed by atoms with Gasteiger partial charge in [0.05, 0.1) is 32.6 Å². The molecule has 2 rings (SSSR count). The van der Waals surface area contributed by atoms with Crippen molar-refractivity contribution in [3.8, 4) is 6.07 Å². The zero-order valence-corrected chi connectivity index (χ0v) is 16.6. The Morgan fingerprint density at radius 1 is 1.07 bits per heavy atom. The number of carbonyl (C=O) groups excluding carboxylic acids is 1. The van der Waals surface area contributed by atoms with Crippen molar-refractivity contribution >= 4 is 12.1 Å². The Hall–Kier alpha value is -3.25. The number of amides is 1. The molecular formula is C22H26N4O4. The van der Waals surface area contributed by atoms with Gasteiger partial charge in [-0.3, -0.25) is 4.79 Å². The SMILES string of the molecule is N#C[C@](N)(C=NOC(CCOCc1ccccc1)COCc1ccccc1)C(N)=O. The first-order valence-electron chi connectivity index (χ1n) is 9.47. The van der Waals surface area contributed by atoms with E-state index in [-0.39, 0.29) is 6.61 Å². The van der Waals surface area contributed by atoms with Gasteiger partial charge < -0.3 is 25.8 Å². The fourth-order valence-electron chi connectivity index (χ4n) is 2.38. The normalized spacial score (nSPS) is 14.0. The second kappa shape index (κ2) is 12.3. The summed E-state index contributed by atoms with van der Waals surface area (Å²) in [4.78, 5) is 16.7. The number of nitriles is 1. The van der Waals surface area contributed by atoms with Crippen molar-refractivity contribution in [3.63, 3.8) is 0 Å². The second-order valence-electron chi connectivity index (χ2n) is 6.63. The number of rotatable bonds is 13. The Balaban J connectivity index is 1.86. The van der Waals surface area contributed by atoms with Gasteiger partial charge in [-0.1, -0.05) is 65.8 Å². The molecule has 0 spiro atoms. The lowest BCUT2D eigenvalue weighted by Gasteiger charge is -2.17. The van der Waals surface area contributed by atoms with Crippen molar-refractivity contribution in [1.29, 1.82) is 5.26 Å². The van der Waals surface area contributed by atoms with Crippen LogP contribution in [0.4, 0.5) is 0 Å². The van der Waals surface area contributed by atoms with Gasteiger partial charge in [0, 0.05) is 6.42 Å². The molecular weight excluding hydrogens is 384 g/mol.